The number of ether oxygens (including phenoxy) is 2. The zero-order valence-corrected chi connectivity index (χ0v) is 12.7. The lowest BCUT2D eigenvalue weighted by atomic mass is 10.2. The van der Waals surface area contributed by atoms with Crippen molar-refractivity contribution < 1.29 is 23.9 Å². The summed E-state index contributed by atoms with van der Waals surface area (Å²) in [7, 11) is 0. The van der Waals surface area contributed by atoms with E-state index in [1.165, 1.54) is 12.1 Å². The van der Waals surface area contributed by atoms with Crippen molar-refractivity contribution in [2.24, 2.45) is 0 Å². The molecule has 8 nitrogen and oxygen atoms in total. The van der Waals surface area contributed by atoms with Crippen molar-refractivity contribution in [2.45, 2.75) is 13.8 Å². The summed E-state index contributed by atoms with van der Waals surface area (Å²) in [6.45, 7) is 3.91. The van der Waals surface area contributed by atoms with Crippen molar-refractivity contribution in [1.29, 1.82) is 5.26 Å². The summed E-state index contributed by atoms with van der Waals surface area (Å²) in [6, 6.07) is 5.32. The van der Waals surface area contributed by atoms with Crippen LogP contribution in [-0.4, -0.2) is 42.5 Å². The van der Waals surface area contributed by atoms with Gasteiger partial charge in [-0.2, -0.15) is 5.26 Å². The number of hydrogen-bond donors (Lipinski definition) is 0. The number of carbonyl (C=O) groups excluding carboxylic acids is 3. The molecule has 1 aliphatic rings. The maximum atomic E-state index is 12.2. The molecule has 1 aliphatic heterocycles. The second-order valence-corrected chi connectivity index (χ2v) is 4.47. The minimum absolute atomic E-state index is 0.181. The Balaban J connectivity index is 2.40. The average molecular weight is 317 g/mol. The summed E-state index contributed by atoms with van der Waals surface area (Å²) < 4.78 is 10.8. The van der Waals surface area contributed by atoms with Gasteiger partial charge in [0.25, 0.3) is 0 Å². The van der Waals surface area contributed by atoms with Crippen LogP contribution in [0.5, 0.6) is 11.5 Å². The van der Waals surface area contributed by atoms with Gasteiger partial charge in [-0.05, 0) is 26.0 Å². The number of imide groups is 2. The largest absolute Gasteiger partial charge is 0.490 e. The van der Waals surface area contributed by atoms with Gasteiger partial charge < -0.3 is 9.47 Å². The number of nitrogens with zero attached hydrogens (tertiary/aromatic N) is 3. The minimum atomic E-state index is -1.02. The number of nitriles is 1. The predicted molar refractivity (Wildman–Crippen MR) is 79.0 cm³/mol. The zero-order chi connectivity index (χ0) is 17.0. The number of anilines is 1. The molecular formula is C15H15N3O5. The first-order valence-corrected chi connectivity index (χ1v) is 7.01. The molecule has 0 aliphatic carbocycles. The molecule has 1 saturated heterocycles. The molecule has 1 heterocycles. The third kappa shape index (κ3) is 2.94. The normalized spacial score (nSPS) is 14.2. The summed E-state index contributed by atoms with van der Waals surface area (Å²) in [5.74, 6) is -1.20. The van der Waals surface area contributed by atoms with Gasteiger partial charge >= 0.3 is 17.8 Å². The Kier molecular flexibility index (Phi) is 4.81. The van der Waals surface area contributed by atoms with Crippen LogP contribution in [0, 0.1) is 11.3 Å². The number of urea groups is 1. The van der Waals surface area contributed by atoms with Crippen molar-refractivity contribution in [1.82, 2.24) is 4.90 Å². The van der Waals surface area contributed by atoms with E-state index in [1.807, 2.05) is 6.92 Å². The van der Waals surface area contributed by atoms with Crippen molar-refractivity contribution in [3.8, 4) is 17.6 Å². The first kappa shape index (κ1) is 16.3. The number of amides is 4. The maximum Gasteiger partial charge on any atom is 0.339 e. The number of hydrogen-bond acceptors (Lipinski definition) is 6. The molecule has 1 aromatic carbocycles. The third-order valence-corrected chi connectivity index (χ3v) is 3.07. The van der Waals surface area contributed by atoms with Crippen LogP contribution in [-0.2, 0) is 9.59 Å². The highest BCUT2D eigenvalue weighted by Gasteiger charge is 2.45. The van der Waals surface area contributed by atoms with Crippen molar-refractivity contribution in [2.75, 3.05) is 24.7 Å². The van der Waals surface area contributed by atoms with Crippen LogP contribution in [0.4, 0.5) is 10.5 Å². The van der Waals surface area contributed by atoms with Gasteiger partial charge in [-0.3, -0.25) is 9.59 Å². The van der Waals surface area contributed by atoms with Gasteiger partial charge in [-0.25, -0.2) is 14.6 Å². The van der Waals surface area contributed by atoms with E-state index in [0.29, 0.717) is 29.6 Å². The fourth-order valence-corrected chi connectivity index (χ4v) is 2.12. The van der Waals surface area contributed by atoms with E-state index in [9.17, 15) is 14.4 Å². The predicted octanol–water partition coefficient (Wildman–Crippen LogP) is 1.30. The van der Waals surface area contributed by atoms with E-state index < -0.39 is 24.4 Å². The Morgan fingerprint density at radius 1 is 1.04 bits per heavy atom. The number of benzene rings is 1. The maximum absolute atomic E-state index is 12.2. The minimum Gasteiger partial charge on any atom is -0.490 e. The molecule has 0 saturated carbocycles. The Bertz CT molecular complexity index is 695. The van der Waals surface area contributed by atoms with Gasteiger partial charge in [-0.15, -0.1) is 0 Å². The van der Waals surface area contributed by atoms with E-state index in [0.717, 1.165) is 4.90 Å². The van der Waals surface area contributed by atoms with Crippen LogP contribution in [0.1, 0.15) is 13.8 Å². The lowest BCUT2D eigenvalue weighted by Gasteiger charge is -2.17. The third-order valence-electron chi connectivity index (χ3n) is 3.07. The van der Waals surface area contributed by atoms with Crippen LogP contribution >= 0.6 is 0 Å². The molecule has 120 valence electrons. The Hall–Kier alpha value is -3.08. The fourth-order valence-electron chi connectivity index (χ4n) is 2.12. The summed E-state index contributed by atoms with van der Waals surface area (Å²) in [4.78, 5) is 37.3. The molecular weight excluding hydrogens is 302 g/mol. The highest BCUT2D eigenvalue weighted by molar-refractivity contribution is 6.52. The molecule has 0 atom stereocenters. The summed E-state index contributed by atoms with van der Waals surface area (Å²) >= 11 is 0. The average Bonchev–Trinajstić information content (AvgIpc) is 2.74. The van der Waals surface area contributed by atoms with Crippen LogP contribution in [0.3, 0.4) is 0 Å². The molecule has 0 radical (unpaired) electrons. The summed E-state index contributed by atoms with van der Waals surface area (Å²) in [5, 5.41) is 8.65. The molecule has 1 fully saturated rings. The van der Waals surface area contributed by atoms with Gasteiger partial charge in [0.2, 0.25) is 0 Å². The molecule has 23 heavy (non-hydrogen) atoms. The molecule has 0 N–H and O–H groups in total. The molecule has 0 bridgehead atoms. The number of carbonyl (C=O) groups is 3. The fraction of sp³-hybridized carbons (Fsp3) is 0.333. The first-order valence-electron chi connectivity index (χ1n) is 7.01. The zero-order valence-electron chi connectivity index (χ0n) is 12.7. The van der Waals surface area contributed by atoms with Gasteiger partial charge in [0, 0.05) is 6.07 Å². The molecule has 8 heteroatoms. The Morgan fingerprint density at radius 3 is 2.30 bits per heavy atom. The van der Waals surface area contributed by atoms with E-state index in [-0.39, 0.29) is 5.69 Å². The molecule has 2 rings (SSSR count). The van der Waals surface area contributed by atoms with Crippen molar-refractivity contribution >= 4 is 23.5 Å². The Morgan fingerprint density at radius 2 is 1.70 bits per heavy atom. The van der Waals surface area contributed by atoms with Crippen molar-refractivity contribution in [3.05, 3.63) is 18.2 Å². The van der Waals surface area contributed by atoms with E-state index >= 15 is 0 Å². The van der Waals surface area contributed by atoms with Gasteiger partial charge in [0.1, 0.15) is 6.54 Å². The first-order chi connectivity index (χ1) is 11.0. The molecule has 0 unspecified atom stereocenters. The lowest BCUT2D eigenvalue weighted by Crippen LogP contribution is -2.33. The highest BCUT2D eigenvalue weighted by Crippen LogP contribution is 2.33. The molecule has 0 spiro atoms. The number of rotatable bonds is 6. The second-order valence-electron chi connectivity index (χ2n) is 4.47. The smallest absolute Gasteiger partial charge is 0.339 e. The van der Waals surface area contributed by atoms with E-state index in [1.54, 1.807) is 19.1 Å². The van der Waals surface area contributed by atoms with Crippen LogP contribution < -0.4 is 14.4 Å². The van der Waals surface area contributed by atoms with Crippen LogP contribution in [0.25, 0.3) is 0 Å². The van der Waals surface area contributed by atoms with Gasteiger partial charge in [-0.1, -0.05) is 0 Å². The van der Waals surface area contributed by atoms with Crippen molar-refractivity contribution in [3.63, 3.8) is 0 Å². The monoisotopic (exact) mass is 317 g/mol. The SMILES string of the molecule is CCOc1ccc(N2C(=O)C(=O)N(CC#N)C2=O)cc1OCC. The van der Waals surface area contributed by atoms with Gasteiger partial charge in [0.15, 0.2) is 11.5 Å². The molecule has 1 aromatic rings. The van der Waals surface area contributed by atoms with E-state index in [4.69, 9.17) is 14.7 Å². The standard InChI is InChI=1S/C15H15N3O5/c1-3-22-11-6-5-10(9-12(11)23-4-2)18-14(20)13(19)17(8-7-16)15(18)21/h5-6,9H,3-4,8H2,1-2H3. The lowest BCUT2D eigenvalue weighted by molar-refractivity contribution is -0.139. The second kappa shape index (κ2) is 6.79. The molecule has 0 aromatic heterocycles. The quantitative estimate of drug-likeness (QED) is 0.445. The highest BCUT2D eigenvalue weighted by atomic mass is 16.5. The summed E-state index contributed by atoms with van der Waals surface area (Å²) in [5.41, 5.74) is 0.181. The Labute approximate surface area is 132 Å². The van der Waals surface area contributed by atoms with Gasteiger partial charge in [0.05, 0.1) is 25.0 Å². The summed E-state index contributed by atoms with van der Waals surface area (Å²) in [6.07, 6.45) is 0. The molecule has 4 amide bonds. The van der Waals surface area contributed by atoms with E-state index in [2.05, 4.69) is 0 Å². The topological polar surface area (TPSA) is 99.9 Å². The van der Waals surface area contributed by atoms with Crippen LogP contribution in [0.15, 0.2) is 18.2 Å². The van der Waals surface area contributed by atoms with Crippen LogP contribution in [0.2, 0.25) is 0 Å².